The maximum absolute atomic E-state index is 10.5. The van der Waals surface area contributed by atoms with E-state index in [2.05, 4.69) is 36.7 Å². The number of aliphatic hydroxyl groups is 1. The van der Waals surface area contributed by atoms with Crippen molar-refractivity contribution in [1.29, 1.82) is 0 Å². The van der Waals surface area contributed by atoms with E-state index in [1.165, 1.54) is 50.3 Å². The third-order valence-electron chi connectivity index (χ3n) is 9.24. The molecule has 0 aromatic carbocycles. The summed E-state index contributed by atoms with van der Waals surface area (Å²) < 4.78 is 0. The second kappa shape index (κ2) is 6.25. The first-order valence-corrected chi connectivity index (χ1v) is 11.8. The minimum Gasteiger partial charge on any atom is -0.390 e. The van der Waals surface area contributed by atoms with Crippen LogP contribution in [0.25, 0.3) is 0 Å². The lowest BCUT2D eigenvalue weighted by atomic mass is 9.48. The van der Waals surface area contributed by atoms with Crippen molar-refractivity contribution in [2.24, 2.45) is 46.8 Å². The van der Waals surface area contributed by atoms with Crippen molar-refractivity contribution in [2.45, 2.75) is 84.2 Å². The number of hydrogen-bond acceptors (Lipinski definition) is 1. The van der Waals surface area contributed by atoms with E-state index in [0.717, 1.165) is 54.3 Å². The Morgan fingerprint density at radius 3 is 2.46 bits per heavy atom. The molecule has 4 aliphatic carbocycles. The van der Waals surface area contributed by atoms with Gasteiger partial charge in [0.1, 0.15) is 0 Å². The lowest BCUT2D eigenvalue weighted by Crippen LogP contribution is -2.50. The minimum absolute atomic E-state index is 0.374. The van der Waals surface area contributed by atoms with Gasteiger partial charge in [-0.25, -0.2) is 0 Å². The summed E-state index contributed by atoms with van der Waals surface area (Å²) in [7, 11) is 0. The van der Waals surface area contributed by atoms with Gasteiger partial charge in [-0.15, -0.1) is 0 Å². The zero-order valence-corrected chi connectivity index (χ0v) is 17.5. The quantitative estimate of drug-likeness (QED) is 0.564. The van der Waals surface area contributed by atoms with Gasteiger partial charge in [0.25, 0.3) is 0 Å². The van der Waals surface area contributed by atoms with Crippen LogP contribution in [0.2, 0.25) is 0 Å². The van der Waals surface area contributed by atoms with Crippen LogP contribution in [0.4, 0.5) is 0 Å². The monoisotopic (exact) mass is 396 g/mol. The van der Waals surface area contributed by atoms with Gasteiger partial charge in [0.15, 0.2) is 0 Å². The molecule has 0 radical (unpaired) electrons. The summed E-state index contributed by atoms with van der Waals surface area (Å²) in [5.41, 5.74) is 0.238. The third kappa shape index (κ3) is 2.73. The summed E-state index contributed by atoms with van der Waals surface area (Å²) in [6, 6.07) is 0. The number of alkyl halides is 1. The second-order valence-corrected chi connectivity index (χ2v) is 11.2. The highest BCUT2D eigenvalue weighted by atomic mass is 79.9. The van der Waals surface area contributed by atoms with Crippen molar-refractivity contribution in [2.75, 3.05) is 5.33 Å². The molecule has 0 spiro atoms. The maximum atomic E-state index is 10.5. The highest BCUT2D eigenvalue weighted by molar-refractivity contribution is 9.09. The van der Waals surface area contributed by atoms with Crippen LogP contribution < -0.4 is 0 Å². The van der Waals surface area contributed by atoms with Crippen LogP contribution in [0.3, 0.4) is 0 Å². The van der Waals surface area contributed by atoms with Gasteiger partial charge in [0, 0.05) is 5.33 Å². The average Bonchev–Trinajstić information content (AvgIpc) is 2.90. The third-order valence-corrected chi connectivity index (χ3v) is 10.3. The van der Waals surface area contributed by atoms with Gasteiger partial charge < -0.3 is 5.11 Å². The van der Waals surface area contributed by atoms with Crippen molar-refractivity contribution >= 4 is 15.9 Å². The SMILES string of the molecule is CC(CBr)[C@H]1CC[C@H]2[C@@H]3CC[C@H]4C[C@](C)(O)CC[C@@H]4[C@H]3CC[C@]12C. The summed E-state index contributed by atoms with van der Waals surface area (Å²) in [6.07, 6.45) is 12.2. The molecule has 1 unspecified atom stereocenters. The molecular formula is C22H37BrO. The standard InChI is InChI=1S/C22H37BrO/c1-14(13-23)19-6-7-20-18-5-4-15-12-21(2,24)10-8-16(15)17(18)9-11-22(19,20)3/h14-20,24H,4-13H2,1-3H3/t14?,15-,16-,17+,18+,19+,20-,21+,22+/m0/s1. The summed E-state index contributed by atoms with van der Waals surface area (Å²) in [4.78, 5) is 0. The zero-order valence-electron chi connectivity index (χ0n) is 15.9. The van der Waals surface area contributed by atoms with Gasteiger partial charge >= 0.3 is 0 Å². The van der Waals surface area contributed by atoms with E-state index in [0.29, 0.717) is 5.41 Å². The Balaban J connectivity index is 1.53. The molecule has 2 heteroatoms. The molecule has 9 atom stereocenters. The van der Waals surface area contributed by atoms with Gasteiger partial charge in [-0.3, -0.25) is 0 Å². The van der Waals surface area contributed by atoms with Crippen LogP contribution in [-0.4, -0.2) is 16.0 Å². The van der Waals surface area contributed by atoms with Crippen molar-refractivity contribution in [3.63, 3.8) is 0 Å². The molecule has 0 aromatic heterocycles. The van der Waals surface area contributed by atoms with E-state index in [1.54, 1.807) is 0 Å². The predicted octanol–water partition coefficient (Wildman–Crippen LogP) is 6.04. The molecule has 0 amide bonds. The first-order chi connectivity index (χ1) is 11.4. The Hall–Kier alpha value is 0.440. The van der Waals surface area contributed by atoms with Gasteiger partial charge in [-0.1, -0.05) is 29.8 Å². The number of fused-ring (bicyclic) bond motifs is 5. The average molecular weight is 397 g/mol. The van der Waals surface area contributed by atoms with Crippen molar-refractivity contribution in [3.8, 4) is 0 Å². The highest BCUT2D eigenvalue weighted by Crippen LogP contribution is 2.65. The molecule has 1 N–H and O–H groups in total. The fourth-order valence-corrected chi connectivity index (χ4v) is 8.62. The molecule has 0 aromatic rings. The van der Waals surface area contributed by atoms with E-state index in [-0.39, 0.29) is 5.60 Å². The molecule has 4 aliphatic rings. The van der Waals surface area contributed by atoms with E-state index in [1.807, 2.05) is 0 Å². The number of rotatable bonds is 2. The molecule has 0 bridgehead atoms. The number of hydrogen-bond donors (Lipinski definition) is 1. The molecule has 138 valence electrons. The normalized spacial score (nSPS) is 55.4. The van der Waals surface area contributed by atoms with Gasteiger partial charge in [0.2, 0.25) is 0 Å². The Bertz CT molecular complexity index is 475. The smallest absolute Gasteiger partial charge is 0.0622 e. The van der Waals surface area contributed by atoms with Crippen molar-refractivity contribution in [1.82, 2.24) is 0 Å². The summed E-state index contributed by atoms with van der Waals surface area (Å²) in [6.45, 7) is 7.21. The first-order valence-electron chi connectivity index (χ1n) is 10.6. The molecule has 4 saturated carbocycles. The van der Waals surface area contributed by atoms with Crippen LogP contribution in [0, 0.1) is 46.8 Å². The highest BCUT2D eigenvalue weighted by Gasteiger charge is 2.57. The van der Waals surface area contributed by atoms with E-state index in [4.69, 9.17) is 0 Å². The predicted molar refractivity (Wildman–Crippen MR) is 104 cm³/mol. The van der Waals surface area contributed by atoms with Crippen LogP contribution in [0.1, 0.15) is 78.6 Å². The fraction of sp³-hybridized carbons (Fsp3) is 1.00. The Morgan fingerprint density at radius 2 is 1.71 bits per heavy atom. The summed E-state index contributed by atoms with van der Waals surface area (Å²) in [5.74, 6) is 6.49. The van der Waals surface area contributed by atoms with E-state index < -0.39 is 0 Å². The minimum atomic E-state index is -0.374. The van der Waals surface area contributed by atoms with Crippen LogP contribution in [0.5, 0.6) is 0 Å². The summed E-state index contributed by atoms with van der Waals surface area (Å²) >= 11 is 3.77. The number of halogens is 1. The van der Waals surface area contributed by atoms with Crippen molar-refractivity contribution < 1.29 is 5.11 Å². The van der Waals surface area contributed by atoms with Crippen LogP contribution >= 0.6 is 15.9 Å². The second-order valence-electron chi connectivity index (χ2n) is 10.5. The zero-order chi connectivity index (χ0) is 17.1. The first kappa shape index (κ1) is 17.8. The van der Waals surface area contributed by atoms with Gasteiger partial charge in [-0.05, 0) is 112 Å². The fourth-order valence-electron chi connectivity index (χ4n) is 8.16. The van der Waals surface area contributed by atoms with Crippen LogP contribution in [-0.2, 0) is 0 Å². The molecule has 0 heterocycles. The largest absolute Gasteiger partial charge is 0.390 e. The molecule has 4 rings (SSSR count). The Labute approximate surface area is 157 Å². The van der Waals surface area contributed by atoms with Gasteiger partial charge in [0.05, 0.1) is 5.60 Å². The van der Waals surface area contributed by atoms with E-state index >= 15 is 0 Å². The Kier molecular flexibility index (Phi) is 4.65. The topological polar surface area (TPSA) is 20.2 Å². The lowest BCUT2D eigenvalue weighted by molar-refractivity contribution is -0.102. The molecule has 1 nitrogen and oxygen atoms in total. The lowest BCUT2D eigenvalue weighted by Gasteiger charge is -2.57. The van der Waals surface area contributed by atoms with Gasteiger partial charge in [-0.2, -0.15) is 0 Å². The van der Waals surface area contributed by atoms with E-state index in [9.17, 15) is 5.11 Å². The molecular weight excluding hydrogens is 360 g/mol. The van der Waals surface area contributed by atoms with Crippen molar-refractivity contribution in [3.05, 3.63) is 0 Å². The summed E-state index contributed by atoms with van der Waals surface area (Å²) in [5, 5.41) is 11.7. The Morgan fingerprint density at radius 1 is 0.958 bits per heavy atom. The molecule has 4 fully saturated rings. The van der Waals surface area contributed by atoms with Crippen LogP contribution in [0.15, 0.2) is 0 Å². The maximum Gasteiger partial charge on any atom is 0.0622 e. The molecule has 0 aliphatic heterocycles. The molecule has 0 saturated heterocycles. The molecule has 24 heavy (non-hydrogen) atoms.